The standard InChI is InChI=1S/C16H20FNO5/c1-10(15(20)22-2)8-13(16(21)23-3)18-14(19)9-11-4-6-12(17)7-5-11/h4-7,10,13H,8-9H2,1-3H3,(H,18,19)/t10-,13-/m0/s1. The van der Waals surface area contributed by atoms with Crippen LogP contribution in [0.5, 0.6) is 0 Å². The van der Waals surface area contributed by atoms with Gasteiger partial charge < -0.3 is 14.8 Å². The fourth-order valence-corrected chi connectivity index (χ4v) is 2.04. The molecule has 1 aromatic rings. The van der Waals surface area contributed by atoms with Crippen molar-refractivity contribution in [1.82, 2.24) is 5.32 Å². The second-order valence-electron chi connectivity index (χ2n) is 5.11. The van der Waals surface area contributed by atoms with E-state index in [4.69, 9.17) is 0 Å². The number of methoxy groups -OCH3 is 2. The van der Waals surface area contributed by atoms with Gasteiger partial charge in [0.1, 0.15) is 11.9 Å². The third kappa shape index (κ3) is 6.06. The van der Waals surface area contributed by atoms with Gasteiger partial charge in [-0.05, 0) is 24.1 Å². The topological polar surface area (TPSA) is 81.7 Å². The van der Waals surface area contributed by atoms with Gasteiger partial charge in [0.25, 0.3) is 0 Å². The molecule has 0 aliphatic carbocycles. The molecule has 126 valence electrons. The third-order valence-corrected chi connectivity index (χ3v) is 3.29. The van der Waals surface area contributed by atoms with E-state index in [-0.39, 0.29) is 12.8 Å². The predicted octanol–water partition coefficient (Wildman–Crippen LogP) is 1.23. The summed E-state index contributed by atoms with van der Waals surface area (Å²) in [5, 5.41) is 2.53. The van der Waals surface area contributed by atoms with Gasteiger partial charge >= 0.3 is 11.9 Å². The minimum absolute atomic E-state index is 0.0135. The Morgan fingerprint density at radius 1 is 1.09 bits per heavy atom. The van der Waals surface area contributed by atoms with Crippen molar-refractivity contribution in [3.8, 4) is 0 Å². The first-order chi connectivity index (χ1) is 10.9. The zero-order valence-electron chi connectivity index (χ0n) is 13.3. The Hall–Kier alpha value is -2.44. The van der Waals surface area contributed by atoms with Crippen LogP contribution in [0.15, 0.2) is 24.3 Å². The van der Waals surface area contributed by atoms with Crippen molar-refractivity contribution in [3.63, 3.8) is 0 Å². The Kier molecular flexibility index (Phi) is 7.18. The molecule has 0 aliphatic heterocycles. The Labute approximate surface area is 134 Å². The Balaban J connectivity index is 2.68. The molecule has 0 bridgehead atoms. The molecule has 1 aromatic carbocycles. The van der Waals surface area contributed by atoms with E-state index < -0.39 is 35.6 Å². The molecule has 0 saturated carbocycles. The van der Waals surface area contributed by atoms with E-state index in [1.807, 2.05) is 0 Å². The highest BCUT2D eigenvalue weighted by molar-refractivity contribution is 5.86. The maximum Gasteiger partial charge on any atom is 0.328 e. The molecule has 6 nitrogen and oxygen atoms in total. The van der Waals surface area contributed by atoms with Crippen LogP contribution in [0.3, 0.4) is 0 Å². The first-order valence-corrected chi connectivity index (χ1v) is 7.06. The second-order valence-corrected chi connectivity index (χ2v) is 5.11. The van der Waals surface area contributed by atoms with E-state index in [9.17, 15) is 18.8 Å². The van der Waals surface area contributed by atoms with Crippen LogP contribution in [-0.2, 0) is 30.3 Å². The number of hydrogen-bond acceptors (Lipinski definition) is 5. The van der Waals surface area contributed by atoms with E-state index in [0.29, 0.717) is 5.56 Å². The van der Waals surface area contributed by atoms with Crippen LogP contribution in [0.4, 0.5) is 4.39 Å². The number of nitrogens with one attached hydrogen (secondary N) is 1. The number of halogens is 1. The highest BCUT2D eigenvalue weighted by Crippen LogP contribution is 2.10. The molecule has 23 heavy (non-hydrogen) atoms. The maximum atomic E-state index is 12.8. The van der Waals surface area contributed by atoms with Crippen molar-refractivity contribution in [3.05, 3.63) is 35.6 Å². The number of carbonyl (C=O) groups is 3. The van der Waals surface area contributed by atoms with E-state index >= 15 is 0 Å². The normalized spacial score (nSPS) is 12.9. The predicted molar refractivity (Wildman–Crippen MR) is 79.8 cm³/mol. The molecule has 1 N–H and O–H groups in total. The van der Waals surface area contributed by atoms with E-state index in [2.05, 4.69) is 14.8 Å². The molecule has 1 amide bonds. The fraction of sp³-hybridized carbons (Fsp3) is 0.438. The molecular weight excluding hydrogens is 305 g/mol. The van der Waals surface area contributed by atoms with Crippen LogP contribution in [0.2, 0.25) is 0 Å². The summed E-state index contributed by atoms with van der Waals surface area (Å²) in [6.07, 6.45) is 0.0505. The molecule has 2 atom stereocenters. The lowest BCUT2D eigenvalue weighted by Gasteiger charge is -2.19. The van der Waals surface area contributed by atoms with Gasteiger partial charge in [-0.1, -0.05) is 19.1 Å². The smallest absolute Gasteiger partial charge is 0.328 e. The lowest BCUT2D eigenvalue weighted by molar-refractivity contribution is -0.148. The van der Waals surface area contributed by atoms with E-state index in [0.717, 1.165) is 0 Å². The summed E-state index contributed by atoms with van der Waals surface area (Å²) >= 11 is 0. The highest BCUT2D eigenvalue weighted by Gasteiger charge is 2.27. The van der Waals surface area contributed by atoms with E-state index in [1.54, 1.807) is 6.92 Å². The molecule has 1 rings (SSSR count). The van der Waals surface area contributed by atoms with Crippen LogP contribution < -0.4 is 5.32 Å². The summed E-state index contributed by atoms with van der Waals surface area (Å²) in [4.78, 5) is 35.2. The number of rotatable bonds is 7. The largest absolute Gasteiger partial charge is 0.469 e. The molecule has 0 spiro atoms. The summed E-state index contributed by atoms with van der Waals surface area (Å²) in [6.45, 7) is 1.59. The molecule has 0 heterocycles. The zero-order chi connectivity index (χ0) is 17.4. The summed E-state index contributed by atoms with van der Waals surface area (Å²) in [5.41, 5.74) is 0.605. The fourth-order valence-electron chi connectivity index (χ4n) is 2.04. The monoisotopic (exact) mass is 325 g/mol. The van der Waals surface area contributed by atoms with Crippen molar-refractivity contribution in [2.75, 3.05) is 14.2 Å². The molecule has 0 fully saturated rings. The zero-order valence-corrected chi connectivity index (χ0v) is 13.3. The van der Waals surface area contributed by atoms with Gasteiger partial charge in [0.05, 0.1) is 26.6 Å². The summed E-state index contributed by atoms with van der Waals surface area (Å²) < 4.78 is 22.1. The van der Waals surface area contributed by atoms with Crippen molar-refractivity contribution in [2.24, 2.45) is 5.92 Å². The van der Waals surface area contributed by atoms with Crippen LogP contribution >= 0.6 is 0 Å². The number of ether oxygens (including phenoxy) is 2. The quantitative estimate of drug-likeness (QED) is 0.763. The van der Waals surface area contributed by atoms with Crippen molar-refractivity contribution in [2.45, 2.75) is 25.8 Å². The van der Waals surface area contributed by atoms with Gasteiger partial charge in [-0.15, -0.1) is 0 Å². The number of amides is 1. The van der Waals surface area contributed by atoms with Crippen molar-refractivity contribution >= 4 is 17.8 Å². The first kappa shape index (κ1) is 18.6. The summed E-state index contributed by atoms with van der Waals surface area (Å²) in [6, 6.07) is 4.51. The number of carbonyl (C=O) groups excluding carboxylic acids is 3. The van der Waals surface area contributed by atoms with Gasteiger partial charge in [0.2, 0.25) is 5.91 Å². The molecular formula is C16H20FNO5. The van der Waals surface area contributed by atoms with Gasteiger partial charge in [0, 0.05) is 0 Å². The lowest BCUT2D eigenvalue weighted by Crippen LogP contribution is -2.44. The molecule has 7 heteroatoms. The van der Waals surface area contributed by atoms with Crippen molar-refractivity contribution in [1.29, 1.82) is 0 Å². The maximum absolute atomic E-state index is 12.8. The number of esters is 2. The third-order valence-electron chi connectivity index (χ3n) is 3.29. The number of hydrogen-bond donors (Lipinski definition) is 1. The molecule has 0 aliphatic rings. The second kappa shape index (κ2) is 8.87. The first-order valence-electron chi connectivity index (χ1n) is 7.06. The Morgan fingerprint density at radius 3 is 2.17 bits per heavy atom. The molecule has 0 saturated heterocycles. The van der Waals surface area contributed by atoms with Crippen LogP contribution in [0.25, 0.3) is 0 Å². The highest BCUT2D eigenvalue weighted by atomic mass is 19.1. The molecule has 0 radical (unpaired) electrons. The van der Waals surface area contributed by atoms with Gasteiger partial charge in [0.15, 0.2) is 0 Å². The Bertz CT molecular complexity index is 558. The summed E-state index contributed by atoms with van der Waals surface area (Å²) in [7, 11) is 2.45. The van der Waals surface area contributed by atoms with Crippen LogP contribution in [0, 0.1) is 11.7 Å². The number of benzene rings is 1. The average Bonchev–Trinajstić information content (AvgIpc) is 2.54. The molecule has 0 unspecified atom stereocenters. The van der Waals surface area contributed by atoms with Gasteiger partial charge in [-0.2, -0.15) is 0 Å². The SMILES string of the molecule is COC(=O)[C@H](C[C@H](C)C(=O)OC)NC(=O)Cc1ccc(F)cc1. The summed E-state index contributed by atoms with van der Waals surface area (Å²) in [5.74, 6) is -2.52. The Morgan fingerprint density at radius 2 is 1.65 bits per heavy atom. The minimum atomic E-state index is -0.956. The van der Waals surface area contributed by atoms with Crippen LogP contribution in [-0.4, -0.2) is 38.1 Å². The molecule has 0 aromatic heterocycles. The van der Waals surface area contributed by atoms with Crippen molar-refractivity contribution < 1.29 is 28.2 Å². The lowest BCUT2D eigenvalue weighted by atomic mass is 10.0. The van der Waals surface area contributed by atoms with Crippen LogP contribution in [0.1, 0.15) is 18.9 Å². The minimum Gasteiger partial charge on any atom is -0.469 e. The van der Waals surface area contributed by atoms with Gasteiger partial charge in [-0.25, -0.2) is 9.18 Å². The van der Waals surface area contributed by atoms with Gasteiger partial charge in [-0.3, -0.25) is 9.59 Å². The average molecular weight is 325 g/mol. The van der Waals surface area contributed by atoms with E-state index in [1.165, 1.54) is 38.5 Å².